The summed E-state index contributed by atoms with van der Waals surface area (Å²) in [4.78, 5) is 25.4. The lowest BCUT2D eigenvalue weighted by molar-refractivity contribution is -0.113. The molecule has 0 aliphatic heterocycles. The maximum Gasteiger partial charge on any atom is 0.251 e. The molecule has 0 fully saturated rings. The Morgan fingerprint density at radius 2 is 1.86 bits per heavy atom. The van der Waals surface area contributed by atoms with Crippen molar-refractivity contribution in [3.05, 3.63) is 64.4 Å². The molecule has 186 valence electrons. The average molecular weight is 516 g/mol. The summed E-state index contributed by atoms with van der Waals surface area (Å²) in [5, 5.41) is 15.9. The molecule has 3 rings (SSSR count). The lowest BCUT2D eigenvalue weighted by atomic mass is 10.0. The second-order valence-electron chi connectivity index (χ2n) is 8.26. The Bertz CT molecular complexity index is 1180. The Labute approximate surface area is 214 Å². The minimum atomic E-state index is -0.352. The number of benzene rings is 2. The Balaban J connectivity index is 1.71. The highest BCUT2D eigenvalue weighted by Crippen LogP contribution is 2.27. The summed E-state index contributed by atoms with van der Waals surface area (Å²) >= 11 is 7.44. The number of nitrogens with one attached hydrogen (secondary N) is 2. The summed E-state index contributed by atoms with van der Waals surface area (Å²) in [7, 11) is 1.58. The molecule has 2 N–H and O–H groups in total. The molecule has 1 unspecified atom stereocenters. The van der Waals surface area contributed by atoms with E-state index >= 15 is 0 Å². The lowest BCUT2D eigenvalue weighted by Gasteiger charge is -2.22. The molecule has 0 radical (unpaired) electrons. The third-order valence-corrected chi connectivity index (χ3v) is 6.90. The fourth-order valence-corrected chi connectivity index (χ4v) is 4.47. The first-order valence-electron chi connectivity index (χ1n) is 11.3. The molecule has 1 aromatic heterocycles. The zero-order valence-corrected chi connectivity index (χ0v) is 22.0. The molecule has 3 aromatic rings. The highest BCUT2D eigenvalue weighted by Gasteiger charge is 2.26. The predicted molar refractivity (Wildman–Crippen MR) is 139 cm³/mol. The van der Waals surface area contributed by atoms with Gasteiger partial charge in [0.15, 0.2) is 11.0 Å². The third kappa shape index (κ3) is 6.55. The quantitative estimate of drug-likeness (QED) is 0.363. The number of carbonyl (C=O) groups is 2. The topological polar surface area (TPSA) is 98.1 Å². The van der Waals surface area contributed by atoms with Crippen LogP contribution in [0.4, 0.5) is 5.69 Å². The van der Waals surface area contributed by atoms with E-state index in [9.17, 15) is 9.59 Å². The summed E-state index contributed by atoms with van der Waals surface area (Å²) in [6, 6.07) is 12.0. The van der Waals surface area contributed by atoms with E-state index in [-0.39, 0.29) is 29.5 Å². The minimum Gasteiger partial charge on any atom is -0.497 e. The maximum atomic E-state index is 12.9. The molecule has 2 amide bonds. The van der Waals surface area contributed by atoms with Gasteiger partial charge in [0.05, 0.1) is 18.9 Å². The fraction of sp³-hybridized carbons (Fsp3) is 0.360. The first-order valence-corrected chi connectivity index (χ1v) is 12.7. The molecule has 10 heteroatoms. The number of rotatable bonds is 10. The number of methoxy groups -OCH3 is 1. The van der Waals surface area contributed by atoms with Gasteiger partial charge < -0.3 is 19.9 Å². The number of carbonyl (C=O) groups excluding carboxylic acids is 2. The van der Waals surface area contributed by atoms with E-state index in [0.717, 1.165) is 5.56 Å². The third-order valence-electron chi connectivity index (χ3n) is 5.52. The highest BCUT2D eigenvalue weighted by molar-refractivity contribution is 7.99. The molecule has 2 aromatic carbocycles. The summed E-state index contributed by atoms with van der Waals surface area (Å²) < 4.78 is 7.10. The highest BCUT2D eigenvalue weighted by atomic mass is 35.5. The van der Waals surface area contributed by atoms with E-state index in [1.54, 1.807) is 43.5 Å². The number of thioether (sulfide) groups is 1. The molecule has 8 nitrogen and oxygen atoms in total. The number of anilines is 1. The van der Waals surface area contributed by atoms with Crippen molar-refractivity contribution >= 4 is 40.9 Å². The Morgan fingerprint density at radius 3 is 2.49 bits per heavy atom. The van der Waals surface area contributed by atoms with E-state index in [2.05, 4.69) is 20.8 Å². The summed E-state index contributed by atoms with van der Waals surface area (Å²) in [5.41, 5.74) is 2.03. The van der Waals surface area contributed by atoms with Crippen LogP contribution in [0.3, 0.4) is 0 Å². The van der Waals surface area contributed by atoms with E-state index < -0.39 is 0 Å². The Morgan fingerprint density at radius 1 is 1.14 bits per heavy atom. The molecule has 0 aliphatic rings. The number of amides is 2. The van der Waals surface area contributed by atoms with Gasteiger partial charge in [-0.2, -0.15) is 0 Å². The molecule has 0 spiro atoms. The van der Waals surface area contributed by atoms with Crippen molar-refractivity contribution in [2.45, 2.75) is 45.4 Å². The zero-order valence-electron chi connectivity index (χ0n) is 20.5. The van der Waals surface area contributed by atoms with Crippen molar-refractivity contribution in [1.29, 1.82) is 0 Å². The number of halogens is 1. The monoisotopic (exact) mass is 515 g/mol. The molecule has 0 saturated carbocycles. The number of aromatic nitrogens is 3. The minimum absolute atomic E-state index is 0.0682. The van der Waals surface area contributed by atoms with Crippen LogP contribution in [0.2, 0.25) is 5.02 Å². The van der Waals surface area contributed by atoms with Gasteiger partial charge in [-0.3, -0.25) is 9.59 Å². The largest absolute Gasteiger partial charge is 0.497 e. The van der Waals surface area contributed by atoms with Gasteiger partial charge in [-0.05, 0) is 61.7 Å². The predicted octanol–water partition coefficient (Wildman–Crippen LogP) is 5.13. The smallest absolute Gasteiger partial charge is 0.251 e. The number of hydrogen-bond donors (Lipinski definition) is 2. The summed E-state index contributed by atoms with van der Waals surface area (Å²) in [5.74, 6) is 1.19. The summed E-state index contributed by atoms with van der Waals surface area (Å²) in [6.07, 6.45) is 0. The second kappa shape index (κ2) is 12.1. The SMILES string of the molecule is CCn1c(SCC(=O)Nc2cccc(Cl)c2C)nnc1C(NC(=O)c1ccc(OC)cc1)C(C)C. The van der Waals surface area contributed by atoms with Crippen LogP contribution in [-0.4, -0.2) is 39.4 Å². The molecule has 0 bridgehead atoms. The van der Waals surface area contributed by atoms with Crippen LogP contribution in [0.1, 0.15) is 48.6 Å². The number of hydrogen-bond acceptors (Lipinski definition) is 6. The van der Waals surface area contributed by atoms with Crippen LogP contribution in [0.25, 0.3) is 0 Å². The Hall–Kier alpha value is -3.04. The van der Waals surface area contributed by atoms with E-state index in [1.165, 1.54) is 11.8 Å². The van der Waals surface area contributed by atoms with Gasteiger partial charge in [-0.25, -0.2) is 0 Å². The average Bonchev–Trinajstić information content (AvgIpc) is 3.26. The first-order chi connectivity index (χ1) is 16.7. The van der Waals surface area contributed by atoms with Crippen LogP contribution in [-0.2, 0) is 11.3 Å². The van der Waals surface area contributed by atoms with E-state index in [4.69, 9.17) is 16.3 Å². The molecule has 0 aliphatic carbocycles. The van der Waals surface area contributed by atoms with Gasteiger partial charge in [0.1, 0.15) is 5.75 Å². The van der Waals surface area contributed by atoms with Gasteiger partial charge in [0, 0.05) is 22.8 Å². The van der Waals surface area contributed by atoms with Gasteiger partial charge in [0.25, 0.3) is 5.91 Å². The fourth-order valence-electron chi connectivity index (χ4n) is 3.49. The molecule has 0 saturated heterocycles. The molecular formula is C25H30ClN5O3S. The summed E-state index contributed by atoms with van der Waals surface area (Å²) in [6.45, 7) is 8.47. The second-order valence-corrected chi connectivity index (χ2v) is 9.61. The van der Waals surface area contributed by atoms with Crippen molar-refractivity contribution in [3.8, 4) is 5.75 Å². The standard InChI is InChI=1S/C25H30ClN5O3S/c1-6-31-23(22(15(2)3)28-24(33)17-10-12-18(34-5)13-11-17)29-30-25(31)35-14-21(32)27-20-9-7-8-19(26)16(20)4/h7-13,15,22H,6,14H2,1-5H3,(H,27,32)(H,28,33). The van der Waals surface area contributed by atoms with Crippen molar-refractivity contribution < 1.29 is 14.3 Å². The normalized spacial score (nSPS) is 11.9. The van der Waals surface area contributed by atoms with Gasteiger partial charge in [-0.15, -0.1) is 10.2 Å². The molecular weight excluding hydrogens is 486 g/mol. The first kappa shape index (κ1) is 26.6. The van der Waals surface area contributed by atoms with Crippen molar-refractivity contribution in [2.75, 3.05) is 18.2 Å². The Kier molecular flexibility index (Phi) is 9.17. The van der Waals surface area contributed by atoms with Crippen molar-refractivity contribution in [1.82, 2.24) is 20.1 Å². The van der Waals surface area contributed by atoms with Crippen LogP contribution < -0.4 is 15.4 Å². The van der Waals surface area contributed by atoms with Crippen molar-refractivity contribution in [2.24, 2.45) is 5.92 Å². The van der Waals surface area contributed by atoms with Gasteiger partial charge in [-0.1, -0.05) is 43.3 Å². The van der Waals surface area contributed by atoms with Crippen LogP contribution in [0, 0.1) is 12.8 Å². The molecule has 1 heterocycles. The molecule has 1 atom stereocenters. The van der Waals surface area contributed by atoms with Gasteiger partial charge >= 0.3 is 0 Å². The van der Waals surface area contributed by atoms with Crippen LogP contribution in [0.5, 0.6) is 5.75 Å². The molecule has 35 heavy (non-hydrogen) atoms. The maximum absolute atomic E-state index is 12.9. The van der Waals surface area contributed by atoms with Crippen LogP contribution in [0.15, 0.2) is 47.6 Å². The van der Waals surface area contributed by atoms with Crippen LogP contribution >= 0.6 is 23.4 Å². The van der Waals surface area contributed by atoms with E-state index in [0.29, 0.717) is 39.5 Å². The zero-order chi connectivity index (χ0) is 25.5. The number of ether oxygens (including phenoxy) is 1. The van der Waals surface area contributed by atoms with Crippen molar-refractivity contribution in [3.63, 3.8) is 0 Å². The lowest BCUT2D eigenvalue weighted by Crippen LogP contribution is -2.33. The van der Waals surface area contributed by atoms with Gasteiger partial charge in [0.2, 0.25) is 5.91 Å². The number of nitrogens with zero attached hydrogens (tertiary/aromatic N) is 3. The van der Waals surface area contributed by atoms with E-state index in [1.807, 2.05) is 38.3 Å².